The van der Waals surface area contributed by atoms with E-state index >= 15 is 0 Å². The van der Waals surface area contributed by atoms with E-state index < -0.39 is 0 Å². The monoisotopic (exact) mass is 254 g/mol. The summed E-state index contributed by atoms with van der Waals surface area (Å²) in [7, 11) is 0. The second kappa shape index (κ2) is 5.60. The molecule has 0 bridgehead atoms. The van der Waals surface area contributed by atoms with Crippen molar-refractivity contribution >= 4 is 17.2 Å². The molecule has 2 rings (SSSR count). The van der Waals surface area contributed by atoms with Gasteiger partial charge >= 0.3 is 0 Å². The molecule has 4 nitrogen and oxygen atoms in total. The fourth-order valence-corrected chi connectivity index (χ4v) is 2.92. The van der Waals surface area contributed by atoms with Crippen molar-refractivity contribution in [2.24, 2.45) is 5.92 Å². The number of nitrogens with one attached hydrogen (secondary N) is 1. The van der Waals surface area contributed by atoms with Gasteiger partial charge in [-0.2, -0.15) is 0 Å². The molecule has 0 aliphatic heterocycles. The van der Waals surface area contributed by atoms with Crippen LogP contribution in [0.2, 0.25) is 0 Å². The van der Waals surface area contributed by atoms with Gasteiger partial charge in [0.1, 0.15) is 4.88 Å². The third kappa shape index (κ3) is 3.04. The van der Waals surface area contributed by atoms with Crippen LogP contribution < -0.4 is 5.32 Å². The van der Waals surface area contributed by atoms with Crippen molar-refractivity contribution < 1.29 is 9.90 Å². The number of aliphatic hydroxyl groups excluding tert-OH is 1. The number of thiazole rings is 1. The highest BCUT2D eigenvalue weighted by Gasteiger charge is 2.25. The van der Waals surface area contributed by atoms with Gasteiger partial charge in [-0.25, -0.2) is 4.98 Å². The fourth-order valence-electron chi connectivity index (χ4n) is 2.14. The Bertz CT molecular complexity index is 392. The molecule has 1 aliphatic rings. The van der Waals surface area contributed by atoms with Gasteiger partial charge in [0, 0.05) is 12.5 Å². The van der Waals surface area contributed by atoms with Gasteiger partial charge in [-0.1, -0.05) is 13.3 Å². The van der Waals surface area contributed by atoms with Gasteiger partial charge < -0.3 is 10.4 Å². The molecule has 0 saturated heterocycles. The average Bonchev–Trinajstić information content (AvgIpc) is 2.94. The van der Waals surface area contributed by atoms with Crippen molar-refractivity contribution in [1.82, 2.24) is 10.3 Å². The number of aromatic nitrogens is 1. The minimum absolute atomic E-state index is 0.0682. The Morgan fingerprint density at radius 1 is 1.65 bits per heavy atom. The van der Waals surface area contributed by atoms with Crippen LogP contribution in [-0.4, -0.2) is 28.6 Å². The maximum absolute atomic E-state index is 11.8. The van der Waals surface area contributed by atoms with E-state index in [1.165, 1.54) is 11.3 Å². The van der Waals surface area contributed by atoms with Crippen LogP contribution in [0, 0.1) is 5.92 Å². The number of hydrogen-bond donors (Lipinski definition) is 2. The number of amides is 1. The highest BCUT2D eigenvalue weighted by Crippen LogP contribution is 2.24. The van der Waals surface area contributed by atoms with Crippen molar-refractivity contribution in [2.45, 2.75) is 38.7 Å². The lowest BCUT2D eigenvalue weighted by molar-refractivity contribution is 0.0920. The third-order valence-electron chi connectivity index (χ3n) is 3.22. The summed E-state index contributed by atoms with van der Waals surface area (Å²) in [6.45, 7) is 2.59. The molecule has 17 heavy (non-hydrogen) atoms. The lowest BCUT2D eigenvalue weighted by Gasteiger charge is -2.14. The highest BCUT2D eigenvalue weighted by atomic mass is 32.1. The maximum atomic E-state index is 11.8. The SMILES string of the molecule is CCc1ncc(C(=O)NCC2CCCC2O)s1. The van der Waals surface area contributed by atoms with Crippen molar-refractivity contribution in [3.05, 3.63) is 16.1 Å². The number of rotatable bonds is 4. The van der Waals surface area contributed by atoms with Crippen molar-refractivity contribution in [2.75, 3.05) is 6.54 Å². The van der Waals surface area contributed by atoms with Crippen LogP contribution in [0.15, 0.2) is 6.20 Å². The summed E-state index contributed by atoms with van der Waals surface area (Å²) in [5.74, 6) is 0.152. The van der Waals surface area contributed by atoms with Gasteiger partial charge in [-0.15, -0.1) is 11.3 Å². The predicted octanol–water partition coefficient (Wildman–Crippen LogP) is 1.60. The Morgan fingerprint density at radius 2 is 2.47 bits per heavy atom. The molecule has 5 heteroatoms. The minimum atomic E-state index is -0.247. The Hall–Kier alpha value is -0.940. The van der Waals surface area contributed by atoms with E-state index in [-0.39, 0.29) is 17.9 Å². The Morgan fingerprint density at radius 3 is 3.06 bits per heavy atom. The highest BCUT2D eigenvalue weighted by molar-refractivity contribution is 7.13. The largest absolute Gasteiger partial charge is 0.393 e. The fraction of sp³-hybridized carbons (Fsp3) is 0.667. The molecule has 2 atom stereocenters. The van der Waals surface area contributed by atoms with E-state index in [2.05, 4.69) is 10.3 Å². The first kappa shape index (κ1) is 12.5. The zero-order chi connectivity index (χ0) is 12.3. The molecule has 1 aromatic heterocycles. The lowest BCUT2D eigenvalue weighted by atomic mass is 10.1. The first-order chi connectivity index (χ1) is 8.20. The van der Waals surface area contributed by atoms with E-state index in [1.54, 1.807) is 6.20 Å². The predicted molar refractivity (Wildman–Crippen MR) is 67.2 cm³/mol. The molecule has 1 aliphatic carbocycles. The molecular weight excluding hydrogens is 236 g/mol. The van der Waals surface area contributed by atoms with Crippen LogP contribution in [0.5, 0.6) is 0 Å². The molecular formula is C12H18N2O2S. The van der Waals surface area contributed by atoms with E-state index in [1.807, 2.05) is 6.92 Å². The van der Waals surface area contributed by atoms with Gasteiger partial charge in [-0.05, 0) is 19.3 Å². The van der Waals surface area contributed by atoms with Gasteiger partial charge in [0.25, 0.3) is 5.91 Å². The quantitative estimate of drug-likeness (QED) is 0.858. The minimum Gasteiger partial charge on any atom is -0.393 e. The van der Waals surface area contributed by atoms with E-state index in [4.69, 9.17) is 0 Å². The standard InChI is InChI=1S/C12H18N2O2S/c1-2-11-13-7-10(17-11)12(16)14-6-8-4-3-5-9(8)15/h7-9,15H,2-6H2,1H3,(H,14,16). The third-order valence-corrected chi connectivity index (χ3v) is 4.36. The van der Waals surface area contributed by atoms with Crippen molar-refractivity contribution in [3.63, 3.8) is 0 Å². The maximum Gasteiger partial charge on any atom is 0.263 e. The van der Waals surface area contributed by atoms with Crippen LogP contribution in [0.1, 0.15) is 40.9 Å². The molecule has 2 N–H and O–H groups in total. The average molecular weight is 254 g/mol. The van der Waals surface area contributed by atoms with Crippen LogP contribution in [0.3, 0.4) is 0 Å². The summed E-state index contributed by atoms with van der Waals surface area (Å²) in [6.07, 6.45) is 5.17. The van der Waals surface area contributed by atoms with Gasteiger partial charge in [-0.3, -0.25) is 4.79 Å². The van der Waals surface area contributed by atoms with Crippen molar-refractivity contribution in [1.29, 1.82) is 0 Å². The van der Waals surface area contributed by atoms with Crippen LogP contribution in [0.4, 0.5) is 0 Å². The zero-order valence-electron chi connectivity index (χ0n) is 9.98. The number of hydrogen-bond acceptors (Lipinski definition) is 4. The summed E-state index contributed by atoms with van der Waals surface area (Å²) in [5, 5.41) is 13.5. The molecule has 0 spiro atoms. The van der Waals surface area contributed by atoms with Crippen LogP contribution in [0.25, 0.3) is 0 Å². The number of nitrogens with zero attached hydrogens (tertiary/aromatic N) is 1. The smallest absolute Gasteiger partial charge is 0.263 e. The van der Waals surface area contributed by atoms with E-state index in [0.29, 0.717) is 11.4 Å². The Labute approximate surface area is 105 Å². The molecule has 1 fully saturated rings. The number of carbonyl (C=O) groups is 1. The zero-order valence-corrected chi connectivity index (χ0v) is 10.8. The van der Waals surface area contributed by atoms with Gasteiger partial charge in [0.15, 0.2) is 0 Å². The summed E-state index contributed by atoms with van der Waals surface area (Å²) in [5.41, 5.74) is 0. The molecule has 1 saturated carbocycles. The second-order valence-electron chi connectivity index (χ2n) is 4.44. The second-order valence-corrected chi connectivity index (χ2v) is 5.56. The van der Waals surface area contributed by atoms with Crippen LogP contribution >= 0.6 is 11.3 Å². The van der Waals surface area contributed by atoms with E-state index in [9.17, 15) is 9.90 Å². The molecule has 1 amide bonds. The Balaban J connectivity index is 1.84. The summed E-state index contributed by atoms with van der Waals surface area (Å²) in [4.78, 5) is 16.6. The van der Waals surface area contributed by atoms with Gasteiger partial charge in [0.2, 0.25) is 0 Å². The topological polar surface area (TPSA) is 62.2 Å². The van der Waals surface area contributed by atoms with Gasteiger partial charge in [0.05, 0.1) is 17.3 Å². The summed E-state index contributed by atoms with van der Waals surface area (Å²) < 4.78 is 0. The first-order valence-electron chi connectivity index (χ1n) is 6.11. The number of aliphatic hydroxyl groups is 1. The van der Waals surface area contributed by atoms with E-state index in [0.717, 1.165) is 30.7 Å². The molecule has 94 valence electrons. The normalized spacial score (nSPS) is 23.9. The first-order valence-corrected chi connectivity index (χ1v) is 6.93. The van der Waals surface area contributed by atoms with Crippen LogP contribution in [-0.2, 0) is 6.42 Å². The van der Waals surface area contributed by atoms with Crippen molar-refractivity contribution in [3.8, 4) is 0 Å². The molecule has 0 radical (unpaired) electrons. The number of aryl methyl sites for hydroxylation is 1. The molecule has 1 heterocycles. The lowest BCUT2D eigenvalue weighted by Crippen LogP contribution is -2.32. The molecule has 0 aromatic carbocycles. The molecule has 2 unspecified atom stereocenters. The number of carbonyl (C=O) groups excluding carboxylic acids is 1. The Kier molecular flexibility index (Phi) is 4.12. The molecule has 1 aromatic rings. The summed E-state index contributed by atoms with van der Waals surface area (Å²) >= 11 is 1.44. The summed E-state index contributed by atoms with van der Waals surface area (Å²) in [6, 6.07) is 0.